The number of ether oxygens (including phenoxy) is 1. The second-order valence-electron chi connectivity index (χ2n) is 3.17. The van der Waals surface area contributed by atoms with Crippen LogP contribution in [0.5, 0.6) is 0 Å². The molecule has 0 amide bonds. The molecule has 13 heavy (non-hydrogen) atoms. The van der Waals surface area contributed by atoms with E-state index in [2.05, 4.69) is 11.3 Å². The second-order valence-corrected chi connectivity index (χ2v) is 3.17. The van der Waals surface area contributed by atoms with Gasteiger partial charge in [0.25, 0.3) is 5.92 Å². The lowest BCUT2D eigenvalue weighted by Gasteiger charge is -1.99. The molecule has 2 atom stereocenters. The zero-order chi connectivity index (χ0) is 10.1. The lowest BCUT2D eigenvalue weighted by atomic mass is 10.2. The van der Waals surface area contributed by atoms with Crippen LogP contribution in [0.1, 0.15) is 13.3 Å². The molecule has 0 heterocycles. The molecule has 0 unspecified atom stereocenters. The van der Waals surface area contributed by atoms with Crippen molar-refractivity contribution < 1.29 is 18.3 Å². The fraction of sp³-hybridized carbons (Fsp3) is 0.667. The second kappa shape index (κ2) is 3.44. The van der Waals surface area contributed by atoms with Gasteiger partial charge in [-0.15, -0.1) is 6.58 Å². The van der Waals surface area contributed by atoms with Crippen LogP contribution in [0.15, 0.2) is 12.7 Å². The molecule has 74 valence electrons. The van der Waals surface area contributed by atoms with Crippen LogP contribution in [-0.4, -0.2) is 18.5 Å². The van der Waals surface area contributed by atoms with Gasteiger partial charge in [-0.1, -0.05) is 6.08 Å². The fourth-order valence-corrected chi connectivity index (χ4v) is 1.44. The lowest BCUT2D eigenvalue weighted by molar-refractivity contribution is -0.141. The monoisotopic (exact) mass is 190 g/mol. The molecule has 0 aliphatic heterocycles. The SMILES string of the molecule is C=C[C@@H]1[C@H](CCOC(C)=O)C1(F)F. The topological polar surface area (TPSA) is 26.3 Å². The van der Waals surface area contributed by atoms with E-state index < -0.39 is 23.7 Å². The van der Waals surface area contributed by atoms with Crippen LogP contribution in [0.2, 0.25) is 0 Å². The number of halogens is 2. The summed E-state index contributed by atoms with van der Waals surface area (Å²) in [4.78, 5) is 10.3. The van der Waals surface area contributed by atoms with Crippen molar-refractivity contribution in [1.29, 1.82) is 0 Å². The highest BCUT2D eigenvalue weighted by molar-refractivity contribution is 5.65. The van der Waals surface area contributed by atoms with Crippen molar-refractivity contribution in [2.24, 2.45) is 11.8 Å². The Morgan fingerprint density at radius 2 is 2.31 bits per heavy atom. The summed E-state index contributed by atoms with van der Waals surface area (Å²) in [6.45, 7) is 4.65. The molecule has 1 rings (SSSR count). The van der Waals surface area contributed by atoms with Gasteiger partial charge in [-0.2, -0.15) is 0 Å². The minimum Gasteiger partial charge on any atom is -0.466 e. The summed E-state index contributed by atoms with van der Waals surface area (Å²) in [7, 11) is 0. The summed E-state index contributed by atoms with van der Waals surface area (Å²) in [6, 6.07) is 0. The Kier molecular flexibility index (Phi) is 2.68. The van der Waals surface area contributed by atoms with Crippen molar-refractivity contribution in [2.75, 3.05) is 6.61 Å². The van der Waals surface area contributed by atoms with E-state index in [1.54, 1.807) is 0 Å². The molecule has 0 spiro atoms. The number of carbonyl (C=O) groups excluding carboxylic acids is 1. The minimum atomic E-state index is -2.64. The molecule has 0 aromatic heterocycles. The molecule has 0 radical (unpaired) electrons. The van der Waals surface area contributed by atoms with E-state index in [1.165, 1.54) is 13.0 Å². The zero-order valence-corrected chi connectivity index (χ0v) is 7.43. The molecular formula is C9H12F2O2. The average molecular weight is 190 g/mol. The van der Waals surface area contributed by atoms with Crippen LogP contribution in [-0.2, 0) is 9.53 Å². The molecule has 1 saturated carbocycles. The highest BCUT2D eigenvalue weighted by Crippen LogP contribution is 2.57. The third-order valence-electron chi connectivity index (χ3n) is 2.25. The van der Waals surface area contributed by atoms with Crippen molar-refractivity contribution in [2.45, 2.75) is 19.3 Å². The normalized spacial score (nSPS) is 29.5. The van der Waals surface area contributed by atoms with Gasteiger partial charge >= 0.3 is 5.97 Å². The number of hydrogen-bond acceptors (Lipinski definition) is 2. The molecule has 0 aromatic carbocycles. The van der Waals surface area contributed by atoms with E-state index in [-0.39, 0.29) is 13.0 Å². The first-order valence-electron chi connectivity index (χ1n) is 4.14. The van der Waals surface area contributed by atoms with Crippen LogP contribution in [0, 0.1) is 11.8 Å². The van der Waals surface area contributed by atoms with Crippen molar-refractivity contribution in [1.82, 2.24) is 0 Å². The standard InChI is InChI=1S/C9H12F2O2/c1-3-7-8(9(7,10)11)4-5-13-6(2)12/h3,7-8H,1,4-5H2,2H3/t7-,8+/m1/s1. The maximum Gasteiger partial charge on any atom is 0.302 e. The zero-order valence-electron chi connectivity index (χ0n) is 7.43. The Balaban J connectivity index is 2.25. The summed E-state index contributed by atoms with van der Waals surface area (Å²) < 4.78 is 30.1. The molecule has 1 aliphatic carbocycles. The molecule has 1 aliphatic rings. The highest BCUT2D eigenvalue weighted by atomic mass is 19.3. The van der Waals surface area contributed by atoms with Crippen molar-refractivity contribution >= 4 is 5.97 Å². The van der Waals surface area contributed by atoms with Crippen LogP contribution < -0.4 is 0 Å². The number of allylic oxidation sites excluding steroid dienone is 1. The van der Waals surface area contributed by atoms with Crippen molar-refractivity contribution in [3.05, 3.63) is 12.7 Å². The molecule has 0 bridgehead atoms. The number of hydrogen-bond donors (Lipinski definition) is 0. The third-order valence-corrected chi connectivity index (χ3v) is 2.25. The number of esters is 1. The number of alkyl halides is 2. The molecule has 0 saturated heterocycles. The summed E-state index contributed by atoms with van der Waals surface area (Å²) >= 11 is 0. The van der Waals surface area contributed by atoms with Gasteiger partial charge in [0.1, 0.15) is 0 Å². The third kappa shape index (κ3) is 2.05. The Bertz CT molecular complexity index is 226. The van der Waals surface area contributed by atoms with Gasteiger partial charge in [-0.25, -0.2) is 8.78 Å². The van der Waals surface area contributed by atoms with Gasteiger partial charge in [0.05, 0.1) is 6.61 Å². The van der Waals surface area contributed by atoms with Gasteiger partial charge < -0.3 is 4.74 Å². The Morgan fingerprint density at radius 1 is 1.69 bits per heavy atom. The lowest BCUT2D eigenvalue weighted by Crippen LogP contribution is -2.03. The molecular weight excluding hydrogens is 178 g/mol. The Hall–Kier alpha value is -0.930. The fourth-order valence-electron chi connectivity index (χ4n) is 1.44. The van der Waals surface area contributed by atoms with E-state index in [0.29, 0.717) is 0 Å². The van der Waals surface area contributed by atoms with Crippen LogP contribution >= 0.6 is 0 Å². The van der Waals surface area contributed by atoms with Gasteiger partial charge in [0.15, 0.2) is 0 Å². The van der Waals surface area contributed by atoms with Crippen molar-refractivity contribution in [3.8, 4) is 0 Å². The summed E-state index contributed by atoms with van der Waals surface area (Å²) in [5, 5.41) is 0. The van der Waals surface area contributed by atoms with E-state index in [9.17, 15) is 13.6 Å². The summed E-state index contributed by atoms with van der Waals surface area (Å²) in [6.07, 6.45) is 1.47. The maximum absolute atomic E-state index is 12.8. The van der Waals surface area contributed by atoms with E-state index in [1.807, 2.05) is 0 Å². The van der Waals surface area contributed by atoms with Gasteiger partial charge in [-0.3, -0.25) is 4.79 Å². The smallest absolute Gasteiger partial charge is 0.302 e. The predicted molar refractivity (Wildman–Crippen MR) is 43.4 cm³/mol. The predicted octanol–water partition coefficient (Wildman–Crippen LogP) is 2.01. The van der Waals surface area contributed by atoms with E-state index in [0.717, 1.165) is 0 Å². The first-order valence-corrected chi connectivity index (χ1v) is 4.14. The molecule has 4 heteroatoms. The largest absolute Gasteiger partial charge is 0.466 e. The average Bonchev–Trinajstić information content (AvgIpc) is 2.52. The van der Waals surface area contributed by atoms with Gasteiger partial charge in [0.2, 0.25) is 0 Å². The quantitative estimate of drug-likeness (QED) is 0.500. The Labute approximate surface area is 75.6 Å². The first kappa shape index (κ1) is 10.2. The molecule has 0 N–H and O–H groups in total. The molecule has 1 fully saturated rings. The number of rotatable bonds is 4. The van der Waals surface area contributed by atoms with Crippen LogP contribution in [0.3, 0.4) is 0 Å². The van der Waals surface area contributed by atoms with Crippen molar-refractivity contribution in [3.63, 3.8) is 0 Å². The molecule has 0 aromatic rings. The van der Waals surface area contributed by atoms with Gasteiger partial charge in [0, 0.05) is 18.8 Å². The minimum absolute atomic E-state index is 0.0694. The van der Waals surface area contributed by atoms with Crippen LogP contribution in [0.4, 0.5) is 8.78 Å². The summed E-state index contributed by atoms with van der Waals surface area (Å²) in [5.74, 6) is -4.49. The molecule has 2 nitrogen and oxygen atoms in total. The number of carbonyl (C=O) groups is 1. The summed E-state index contributed by atoms with van der Waals surface area (Å²) in [5.41, 5.74) is 0. The van der Waals surface area contributed by atoms with E-state index >= 15 is 0 Å². The maximum atomic E-state index is 12.8. The van der Waals surface area contributed by atoms with Gasteiger partial charge in [-0.05, 0) is 6.42 Å². The van der Waals surface area contributed by atoms with E-state index in [4.69, 9.17) is 0 Å². The first-order chi connectivity index (χ1) is 6.00. The highest BCUT2D eigenvalue weighted by Gasteiger charge is 2.65. The van der Waals surface area contributed by atoms with Crippen LogP contribution in [0.25, 0.3) is 0 Å². The Morgan fingerprint density at radius 3 is 2.69 bits per heavy atom.